The van der Waals surface area contributed by atoms with Crippen LogP contribution >= 0.6 is 11.6 Å². The second-order valence-electron chi connectivity index (χ2n) is 8.60. The number of nitrogens with one attached hydrogen (secondary N) is 1. The number of fused-ring (bicyclic) bond motifs is 2. The van der Waals surface area contributed by atoms with E-state index in [-0.39, 0.29) is 5.97 Å². The first kappa shape index (κ1) is 20.9. The number of rotatable bonds is 4. The van der Waals surface area contributed by atoms with Crippen molar-refractivity contribution in [1.82, 2.24) is 9.97 Å². The standard InChI is InChI=1S/C22H21ClN6O2/c1-21(2)10-17-12(20(30)31-21)5-8-18(26-17)27-19-9-13-14(11-25-19)16(23)7-6-15(13)22(3,4)28-29-24/h5-9,11H,10H2,1-4H3,(H,25,26,27). The van der Waals surface area contributed by atoms with Crippen LogP contribution in [-0.4, -0.2) is 21.5 Å². The lowest BCUT2D eigenvalue weighted by molar-refractivity contribution is -0.00714. The summed E-state index contributed by atoms with van der Waals surface area (Å²) >= 11 is 6.37. The van der Waals surface area contributed by atoms with Gasteiger partial charge in [0.1, 0.15) is 17.2 Å². The summed E-state index contributed by atoms with van der Waals surface area (Å²) in [5, 5.41) is 9.27. The Kier molecular flexibility index (Phi) is 5.00. The lowest BCUT2D eigenvalue weighted by Crippen LogP contribution is -2.36. The normalized spacial score (nSPS) is 15.1. The lowest BCUT2D eigenvalue weighted by atomic mass is 9.91. The van der Waals surface area contributed by atoms with Gasteiger partial charge in [-0.1, -0.05) is 36.6 Å². The predicted molar refractivity (Wildman–Crippen MR) is 120 cm³/mol. The number of hydrogen-bond acceptors (Lipinski definition) is 6. The summed E-state index contributed by atoms with van der Waals surface area (Å²) in [5.74, 6) is 0.750. The van der Waals surface area contributed by atoms with Gasteiger partial charge in [-0.05, 0) is 54.6 Å². The number of aromatic nitrogens is 2. The molecule has 0 saturated heterocycles. The van der Waals surface area contributed by atoms with E-state index in [4.69, 9.17) is 21.9 Å². The first-order valence-corrected chi connectivity index (χ1v) is 10.1. The number of ether oxygens (including phenoxy) is 1. The van der Waals surface area contributed by atoms with Crippen LogP contribution in [0, 0.1) is 0 Å². The summed E-state index contributed by atoms with van der Waals surface area (Å²) in [4.78, 5) is 24.2. The van der Waals surface area contributed by atoms with Crippen LogP contribution in [-0.2, 0) is 16.7 Å². The quantitative estimate of drug-likeness (QED) is 0.231. The van der Waals surface area contributed by atoms with Gasteiger partial charge in [0.05, 0.1) is 16.8 Å². The Morgan fingerprint density at radius 2 is 2.00 bits per heavy atom. The molecule has 0 spiro atoms. The van der Waals surface area contributed by atoms with Crippen molar-refractivity contribution in [2.45, 2.75) is 45.3 Å². The van der Waals surface area contributed by atoms with E-state index in [0.717, 1.165) is 16.3 Å². The Morgan fingerprint density at radius 3 is 2.74 bits per heavy atom. The number of azide groups is 1. The van der Waals surface area contributed by atoms with Crippen molar-refractivity contribution in [3.05, 3.63) is 68.8 Å². The average Bonchev–Trinajstić information content (AvgIpc) is 2.66. The molecule has 0 unspecified atom stereocenters. The monoisotopic (exact) mass is 436 g/mol. The Hall–Kier alpha value is -3.35. The van der Waals surface area contributed by atoms with Gasteiger partial charge in [-0.15, -0.1) is 0 Å². The summed E-state index contributed by atoms with van der Waals surface area (Å²) in [6.45, 7) is 7.40. The van der Waals surface area contributed by atoms with Gasteiger partial charge in [-0.2, -0.15) is 0 Å². The molecule has 0 aliphatic carbocycles. The van der Waals surface area contributed by atoms with E-state index in [1.54, 1.807) is 24.4 Å². The molecule has 1 aliphatic rings. The Morgan fingerprint density at radius 1 is 1.23 bits per heavy atom. The molecule has 8 nitrogen and oxygen atoms in total. The van der Waals surface area contributed by atoms with E-state index in [9.17, 15) is 4.79 Å². The van der Waals surface area contributed by atoms with Crippen molar-refractivity contribution in [3.8, 4) is 0 Å². The smallest absolute Gasteiger partial charge is 0.340 e. The molecule has 0 amide bonds. The molecule has 0 fully saturated rings. The number of hydrogen-bond donors (Lipinski definition) is 1. The fourth-order valence-electron chi connectivity index (χ4n) is 3.74. The molecule has 0 atom stereocenters. The summed E-state index contributed by atoms with van der Waals surface area (Å²) < 4.78 is 5.42. The van der Waals surface area contributed by atoms with E-state index in [1.165, 1.54) is 0 Å². The molecular weight excluding hydrogens is 416 g/mol. The maximum absolute atomic E-state index is 12.2. The molecule has 0 bridgehead atoms. The van der Waals surface area contributed by atoms with Crippen LogP contribution in [0.1, 0.15) is 49.3 Å². The molecule has 0 radical (unpaired) electrons. The minimum atomic E-state index is -0.772. The molecule has 2 aromatic heterocycles. The predicted octanol–water partition coefficient (Wildman–Crippen LogP) is 6.06. The van der Waals surface area contributed by atoms with E-state index >= 15 is 0 Å². The maximum Gasteiger partial charge on any atom is 0.340 e. The number of carbonyl (C=O) groups is 1. The van der Waals surface area contributed by atoms with Gasteiger partial charge in [0.25, 0.3) is 0 Å². The van der Waals surface area contributed by atoms with Crippen molar-refractivity contribution in [1.29, 1.82) is 0 Å². The average molecular weight is 437 g/mol. The Balaban J connectivity index is 1.75. The van der Waals surface area contributed by atoms with Crippen LogP contribution in [0.25, 0.3) is 21.2 Å². The van der Waals surface area contributed by atoms with E-state index < -0.39 is 11.1 Å². The third-order valence-electron chi connectivity index (χ3n) is 5.21. The Bertz CT molecular complexity index is 1260. The van der Waals surface area contributed by atoms with Crippen LogP contribution in [0.4, 0.5) is 11.6 Å². The first-order valence-electron chi connectivity index (χ1n) is 9.75. The van der Waals surface area contributed by atoms with Gasteiger partial charge in [-0.3, -0.25) is 0 Å². The summed E-state index contributed by atoms with van der Waals surface area (Å²) in [6.07, 6.45) is 2.20. The largest absolute Gasteiger partial charge is 0.456 e. The van der Waals surface area contributed by atoms with E-state index in [2.05, 4.69) is 25.3 Å². The highest BCUT2D eigenvalue weighted by Crippen LogP contribution is 2.36. The SMILES string of the molecule is CC1(C)Cc2nc(Nc3cc4c(C(C)(C)N=[N+]=[N-])ccc(Cl)c4cn3)ccc2C(=O)O1. The minimum Gasteiger partial charge on any atom is -0.456 e. The zero-order chi connectivity index (χ0) is 22.4. The van der Waals surface area contributed by atoms with Crippen molar-refractivity contribution in [2.75, 3.05) is 5.32 Å². The fourth-order valence-corrected chi connectivity index (χ4v) is 3.95. The molecular formula is C22H21ClN6O2. The third-order valence-corrected chi connectivity index (χ3v) is 5.54. The number of nitrogens with zero attached hydrogens (tertiary/aromatic N) is 5. The molecule has 1 aliphatic heterocycles. The topological polar surface area (TPSA) is 113 Å². The summed E-state index contributed by atoms with van der Waals surface area (Å²) in [5.41, 5.74) is 9.57. The van der Waals surface area contributed by atoms with Crippen LogP contribution in [0.15, 0.2) is 41.6 Å². The number of anilines is 2. The molecule has 158 valence electrons. The summed E-state index contributed by atoms with van der Waals surface area (Å²) in [6, 6.07) is 8.90. The molecule has 1 N–H and O–H groups in total. The highest BCUT2D eigenvalue weighted by molar-refractivity contribution is 6.35. The number of carbonyl (C=O) groups excluding carboxylic acids is 1. The third kappa shape index (κ3) is 4.00. The van der Waals surface area contributed by atoms with Crippen molar-refractivity contribution < 1.29 is 9.53 Å². The van der Waals surface area contributed by atoms with Crippen LogP contribution < -0.4 is 5.32 Å². The number of esters is 1. The van der Waals surface area contributed by atoms with Crippen LogP contribution in [0.3, 0.4) is 0 Å². The zero-order valence-corrected chi connectivity index (χ0v) is 18.4. The van der Waals surface area contributed by atoms with Crippen molar-refractivity contribution >= 4 is 40.0 Å². The summed E-state index contributed by atoms with van der Waals surface area (Å²) in [7, 11) is 0. The van der Waals surface area contributed by atoms with Gasteiger partial charge >= 0.3 is 5.97 Å². The van der Waals surface area contributed by atoms with E-state index in [0.29, 0.717) is 34.3 Å². The molecule has 3 heterocycles. The molecule has 0 saturated carbocycles. The highest BCUT2D eigenvalue weighted by atomic mass is 35.5. The highest BCUT2D eigenvalue weighted by Gasteiger charge is 2.33. The molecule has 4 rings (SSSR count). The van der Waals surface area contributed by atoms with Gasteiger partial charge in [-0.25, -0.2) is 14.8 Å². The first-order chi connectivity index (χ1) is 14.6. The van der Waals surface area contributed by atoms with E-state index in [1.807, 2.05) is 39.8 Å². The second kappa shape index (κ2) is 7.41. The zero-order valence-electron chi connectivity index (χ0n) is 17.6. The van der Waals surface area contributed by atoms with Crippen LogP contribution in [0.5, 0.6) is 0 Å². The van der Waals surface area contributed by atoms with Crippen molar-refractivity contribution in [2.24, 2.45) is 5.11 Å². The number of halogens is 1. The molecule has 31 heavy (non-hydrogen) atoms. The number of cyclic esters (lactones) is 1. The van der Waals surface area contributed by atoms with Gasteiger partial charge < -0.3 is 10.1 Å². The Labute approximate surface area is 184 Å². The van der Waals surface area contributed by atoms with Crippen LogP contribution in [0.2, 0.25) is 5.02 Å². The fraction of sp³-hybridized carbons (Fsp3) is 0.318. The van der Waals surface area contributed by atoms with Crippen molar-refractivity contribution in [3.63, 3.8) is 0 Å². The maximum atomic E-state index is 12.2. The van der Waals surface area contributed by atoms with Gasteiger partial charge in [0, 0.05) is 27.9 Å². The molecule has 9 heteroatoms. The number of pyridine rings is 2. The molecule has 1 aromatic carbocycles. The van der Waals surface area contributed by atoms with Gasteiger partial charge in [0.2, 0.25) is 0 Å². The second-order valence-corrected chi connectivity index (χ2v) is 9.01. The minimum absolute atomic E-state index is 0.367. The number of benzene rings is 1. The molecule has 3 aromatic rings. The lowest BCUT2D eigenvalue weighted by Gasteiger charge is -2.30. The van der Waals surface area contributed by atoms with Gasteiger partial charge in [0.15, 0.2) is 0 Å².